The van der Waals surface area contributed by atoms with Crippen molar-refractivity contribution in [2.45, 2.75) is 26.2 Å². The lowest BCUT2D eigenvalue weighted by molar-refractivity contribution is -0.123. The van der Waals surface area contributed by atoms with Crippen LogP contribution < -0.4 is 5.32 Å². The van der Waals surface area contributed by atoms with Crippen molar-refractivity contribution >= 4 is 5.91 Å². The predicted octanol–water partition coefficient (Wildman–Crippen LogP) is 2.04. The van der Waals surface area contributed by atoms with Crippen molar-refractivity contribution < 1.29 is 4.79 Å². The lowest BCUT2D eigenvalue weighted by Crippen LogP contribution is -2.28. The molecule has 2 heteroatoms. The molecule has 0 aromatic heterocycles. The summed E-state index contributed by atoms with van der Waals surface area (Å²) < 4.78 is 0. The highest BCUT2D eigenvalue weighted by molar-refractivity contribution is 5.81. The van der Waals surface area contributed by atoms with Crippen LogP contribution in [0, 0.1) is 5.92 Å². The van der Waals surface area contributed by atoms with E-state index in [9.17, 15) is 4.79 Å². The van der Waals surface area contributed by atoms with E-state index in [1.165, 1.54) is 5.57 Å². The summed E-state index contributed by atoms with van der Waals surface area (Å²) in [5, 5.41) is 2.71. The molecule has 0 fully saturated rings. The molecule has 0 aromatic carbocycles. The number of nitrogens with one attached hydrogen (secondary N) is 1. The van der Waals surface area contributed by atoms with Crippen LogP contribution in [-0.4, -0.2) is 13.0 Å². The van der Waals surface area contributed by atoms with Crippen molar-refractivity contribution in [3.63, 3.8) is 0 Å². The molecule has 0 radical (unpaired) electrons. The number of allylic oxidation sites excluding steroid dienone is 3. The van der Waals surface area contributed by atoms with E-state index in [0.717, 1.165) is 19.3 Å². The van der Waals surface area contributed by atoms with Crippen LogP contribution in [0.5, 0.6) is 0 Å². The number of carbonyl (C=O) groups excluding carboxylic acids is 1. The number of amides is 1. The maximum atomic E-state index is 11.5. The van der Waals surface area contributed by atoms with Crippen LogP contribution >= 0.6 is 0 Å². The predicted molar refractivity (Wildman–Crippen MR) is 54.3 cm³/mol. The molecule has 0 saturated carbocycles. The molecule has 0 aromatic rings. The first-order valence-corrected chi connectivity index (χ1v) is 4.86. The fraction of sp³-hybridized carbons (Fsp3) is 0.545. The number of carbonyl (C=O) groups is 1. The van der Waals surface area contributed by atoms with E-state index in [4.69, 9.17) is 0 Å². The fourth-order valence-corrected chi connectivity index (χ4v) is 1.70. The van der Waals surface area contributed by atoms with Crippen LogP contribution in [0.3, 0.4) is 0 Å². The standard InChI is InChI=1S/C11H17NO/c1-3-10(11(13)12-2)9-7-5-4-6-8-9/h4-5,7,10H,3,6,8H2,1-2H3,(H,12,13). The second-order valence-electron chi connectivity index (χ2n) is 3.28. The zero-order valence-corrected chi connectivity index (χ0v) is 8.34. The Morgan fingerprint density at radius 1 is 1.69 bits per heavy atom. The SMILES string of the molecule is CCC(C(=O)NC)C1=CC=CCC1. The summed E-state index contributed by atoms with van der Waals surface area (Å²) >= 11 is 0. The molecule has 0 bridgehead atoms. The molecule has 2 nitrogen and oxygen atoms in total. The van der Waals surface area contributed by atoms with E-state index >= 15 is 0 Å². The van der Waals surface area contributed by atoms with Gasteiger partial charge in [0, 0.05) is 7.05 Å². The highest BCUT2D eigenvalue weighted by Crippen LogP contribution is 2.23. The van der Waals surface area contributed by atoms with Crippen molar-refractivity contribution in [2.75, 3.05) is 7.05 Å². The lowest BCUT2D eigenvalue weighted by atomic mass is 9.89. The van der Waals surface area contributed by atoms with Gasteiger partial charge in [-0.2, -0.15) is 0 Å². The third kappa shape index (κ3) is 2.44. The molecule has 13 heavy (non-hydrogen) atoms. The lowest BCUT2D eigenvalue weighted by Gasteiger charge is -2.18. The smallest absolute Gasteiger partial charge is 0.226 e. The minimum absolute atomic E-state index is 0.0787. The van der Waals surface area contributed by atoms with Crippen LogP contribution in [0.1, 0.15) is 26.2 Å². The molecule has 0 heterocycles. The Balaban J connectivity index is 2.70. The summed E-state index contributed by atoms with van der Waals surface area (Å²) in [4.78, 5) is 11.5. The molecule has 1 N–H and O–H groups in total. The fourth-order valence-electron chi connectivity index (χ4n) is 1.70. The molecule has 1 aliphatic carbocycles. The van der Waals surface area contributed by atoms with Crippen LogP contribution in [0.2, 0.25) is 0 Å². The first-order valence-electron chi connectivity index (χ1n) is 4.86. The van der Waals surface area contributed by atoms with Gasteiger partial charge >= 0.3 is 0 Å². The molecule has 1 aliphatic rings. The van der Waals surface area contributed by atoms with Gasteiger partial charge in [0.2, 0.25) is 5.91 Å². The van der Waals surface area contributed by atoms with E-state index in [1.54, 1.807) is 7.05 Å². The summed E-state index contributed by atoms with van der Waals surface area (Å²) in [5.74, 6) is 0.221. The Bertz CT molecular complexity index is 240. The quantitative estimate of drug-likeness (QED) is 0.705. The van der Waals surface area contributed by atoms with Gasteiger partial charge in [-0.15, -0.1) is 0 Å². The van der Waals surface area contributed by atoms with Crippen LogP contribution in [0.25, 0.3) is 0 Å². The van der Waals surface area contributed by atoms with Crippen LogP contribution in [0.4, 0.5) is 0 Å². The van der Waals surface area contributed by atoms with Gasteiger partial charge in [-0.1, -0.05) is 30.7 Å². The maximum absolute atomic E-state index is 11.5. The van der Waals surface area contributed by atoms with E-state index in [0.29, 0.717) is 0 Å². The summed E-state index contributed by atoms with van der Waals surface area (Å²) in [6, 6.07) is 0. The Hall–Kier alpha value is -1.05. The zero-order valence-electron chi connectivity index (χ0n) is 8.34. The van der Waals surface area contributed by atoms with Gasteiger partial charge in [0.05, 0.1) is 5.92 Å². The average molecular weight is 179 g/mol. The molecule has 0 spiro atoms. The highest BCUT2D eigenvalue weighted by Gasteiger charge is 2.19. The first kappa shape index (κ1) is 10.0. The topological polar surface area (TPSA) is 29.1 Å². The van der Waals surface area contributed by atoms with E-state index in [1.807, 2.05) is 6.08 Å². The maximum Gasteiger partial charge on any atom is 0.226 e. The Morgan fingerprint density at radius 2 is 2.46 bits per heavy atom. The molecule has 72 valence electrons. The Kier molecular flexibility index (Phi) is 3.74. The van der Waals surface area contributed by atoms with Crippen molar-refractivity contribution in [1.82, 2.24) is 5.32 Å². The van der Waals surface area contributed by atoms with Gasteiger partial charge in [-0.3, -0.25) is 4.79 Å². The second-order valence-corrected chi connectivity index (χ2v) is 3.28. The van der Waals surface area contributed by atoms with E-state index < -0.39 is 0 Å². The second kappa shape index (κ2) is 4.85. The molecular weight excluding hydrogens is 162 g/mol. The summed E-state index contributed by atoms with van der Waals surface area (Å²) in [5.41, 5.74) is 1.27. The van der Waals surface area contributed by atoms with Crippen molar-refractivity contribution in [3.05, 3.63) is 23.8 Å². The summed E-state index contributed by atoms with van der Waals surface area (Å²) in [6.45, 7) is 2.05. The van der Waals surface area contributed by atoms with Gasteiger partial charge in [0.1, 0.15) is 0 Å². The molecule has 1 unspecified atom stereocenters. The Morgan fingerprint density at radius 3 is 2.92 bits per heavy atom. The zero-order chi connectivity index (χ0) is 9.68. The normalized spacial score (nSPS) is 17.8. The van der Waals surface area contributed by atoms with Gasteiger partial charge < -0.3 is 5.32 Å². The minimum Gasteiger partial charge on any atom is -0.359 e. The van der Waals surface area contributed by atoms with E-state index in [2.05, 4.69) is 24.4 Å². The number of hydrogen-bond donors (Lipinski definition) is 1. The van der Waals surface area contributed by atoms with Crippen molar-refractivity contribution in [2.24, 2.45) is 5.92 Å². The largest absolute Gasteiger partial charge is 0.359 e. The summed E-state index contributed by atoms with van der Waals surface area (Å²) in [7, 11) is 1.70. The molecular formula is C11H17NO. The molecule has 1 amide bonds. The average Bonchev–Trinajstić information content (AvgIpc) is 2.20. The van der Waals surface area contributed by atoms with Crippen molar-refractivity contribution in [3.8, 4) is 0 Å². The van der Waals surface area contributed by atoms with Gasteiger partial charge in [-0.05, 0) is 19.3 Å². The van der Waals surface area contributed by atoms with Gasteiger partial charge in [0.15, 0.2) is 0 Å². The molecule has 0 aliphatic heterocycles. The highest BCUT2D eigenvalue weighted by atomic mass is 16.1. The Labute approximate surface area is 79.7 Å². The number of hydrogen-bond acceptors (Lipinski definition) is 1. The van der Waals surface area contributed by atoms with Gasteiger partial charge in [-0.25, -0.2) is 0 Å². The van der Waals surface area contributed by atoms with E-state index in [-0.39, 0.29) is 11.8 Å². The number of rotatable bonds is 3. The third-order valence-corrected chi connectivity index (χ3v) is 2.46. The van der Waals surface area contributed by atoms with Gasteiger partial charge in [0.25, 0.3) is 0 Å². The van der Waals surface area contributed by atoms with Crippen LogP contribution in [-0.2, 0) is 4.79 Å². The van der Waals surface area contributed by atoms with Crippen molar-refractivity contribution in [1.29, 1.82) is 0 Å². The monoisotopic (exact) mass is 179 g/mol. The minimum atomic E-state index is 0.0787. The molecule has 1 rings (SSSR count). The third-order valence-electron chi connectivity index (χ3n) is 2.46. The molecule has 1 atom stereocenters. The first-order chi connectivity index (χ1) is 6.29. The molecule has 0 saturated heterocycles. The van der Waals surface area contributed by atoms with Crippen LogP contribution in [0.15, 0.2) is 23.8 Å². The summed E-state index contributed by atoms with van der Waals surface area (Å²) in [6.07, 6.45) is 9.25.